The fourth-order valence-corrected chi connectivity index (χ4v) is 3.16. The van der Waals surface area contributed by atoms with Gasteiger partial charge in [0.2, 0.25) is 5.91 Å². The molecule has 1 N–H and O–H groups in total. The maximum atomic E-state index is 12.6. The maximum Gasteiger partial charge on any atom is 0.238 e. The molecule has 2 atom stereocenters. The Morgan fingerprint density at radius 1 is 1.23 bits per heavy atom. The van der Waals surface area contributed by atoms with E-state index in [1.54, 1.807) is 6.92 Å². The Kier molecular flexibility index (Phi) is 6.80. The second-order valence-corrected chi connectivity index (χ2v) is 7.87. The van der Waals surface area contributed by atoms with E-state index in [-0.39, 0.29) is 17.9 Å². The summed E-state index contributed by atoms with van der Waals surface area (Å²) in [5, 5.41) is 12.4. The number of nitrogens with one attached hydrogen (secondary N) is 1. The minimum Gasteiger partial charge on any atom is -0.336 e. The Morgan fingerprint density at radius 2 is 1.85 bits per heavy atom. The number of aryl methyl sites for hydroxylation is 1. The minimum atomic E-state index is -0.821. The third kappa shape index (κ3) is 4.84. The number of rotatable bonds is 6. The molecule has 0 radical (unpaired) electrons. The molecule has 0 aliphatic carbocycles. The van der Waals surface area contributed by atoms with Gasteiger partial charge in [0, 0.05) is 32.7 Å². The van der Waals surface area contributed by atoms with Crippen molar-refractivity contribution in [1.29, 1.82) is 5.26 Å². The zero-order valence-electron chi connectivity index (χ0n) is 16.7. The zero-order chi connectivity index (χ0) is 19.3. The van der Waals surface area contributed by atoms with Crippen LogP contribution in [0.15, 0.2) is 24.3 Å². The van der Waals surface area contributed by atoms with Crippen LogP contribution in [0, 0.1) is 24.2 Å². The Balaban J connectivity index is 1.88. The molecule has 26 heavy (non-hydrogen) atoms. The normalized spacial score (nSPS) is 19.6. The summed E-state index contributed by atoms with van der Waals surface area (Å²) in [6, 6.07) is 10.5. The number of hydrogen-bond donors (Lipinski definition) is 1. The van der Waals surface area contributed by atoms with E-state index in [1.807, 2.05) is 20.8 Å². The van der Waals surface area contributed by atoms with Crippen LogP contribution in [0.3, 0.4) is 0 Å². The molecule has 1 aliphatic rings. The topological polar surface area (TPSA) is 59.4 Å². The standard InChI is InChI=1S/C21H32N4O/c1-16(2)21(5,15-22)23-20(26)18(4)25-12-10-24(11-13-25)14-19-9-7-6-8-17(19)3/h6-9,16,18H,10-14H2,1-5H3,(H,23,26)/t18-,21-/m0/s1. The van der Waals surface area contributed by atoms with Gasteiger partial charge in [-0.1, -0.05) is 38.1 Å². The number of carbonyl (C=O) groups is 1. The van der Waals surface area contributed by atoms with Gasteiger partial charge >= 0.3 is 0 Å². The quantitative estimate of drug-likeness (QED) is 0.851. The average molecular weight is 357 g/mol. The average Bonchev–Trinajstić information content (AvgIpc) is 2.63. The fraction of sp³-hybridized carbons (Fsp3) is 0.619. The maximum absolute atomic E-state index is 12.6. The molecule has 0 unspecified atom stereocenters. The van der Waals surface area contributed by atoms with E-state index < -0.39 is 5.54 Å². The van der Waals surface area contributed by atoms with Gasteiger partial charge in [-0.05, 0) is 37.8 Å². The number of piperazine rings is 1. The monoisotopic (exact) mass is 356 g/mol. The van der Waals surface area contributed by atoms with E-state index in [9.17, 15) is 10.1 Å². The van der Waals surface area contributed by atoms with Crippen LogP contribution in [0.4, 0.5) is 0 Å². The molecule has 142 valence electrons. The fourth-order valence-electron chi connectivity index (χ4n) is 3.16. The van der Waals surface area contributed by atoms with Crippen LogP contribution in [0.1, 0.15) is 38.8 Å². The Hall–Kier alpha value is -1.90. The molecule has 1 aromatic carbocycles. The van der Waals surface area contributed by atoms with Gasteiger partial charge in [-0.3, -0.25) is 14.6 Å². The van der Waals surface area contributed by atoms with E-state index in [1.165, 1.54) is 11.1 Å². The van der Waals surface area contributed by atoms with Gasteiger partial charge in [-0.15, -0.1) is 0 Å². The first-order valence-corrected chi connectivity index (χ1v) is 9.51. The third-order valence-corrected chi connectivity index (χ3v) is 5.76. The number of amides is 1. The van der Waals surface area contributed by atoms with E-state index in [0.29, 0.717) is 0 Å². The van der Waals surface area contributed by atoms with Crippen molar-refractivity contribution in [3.8, 4) is 6.07 Å². The summed E-state index contributed by atoms with van der Waals surface area (Å²) in [7, 11) is 0. The van der Waals surface area contributed by atoms with E-state index in [2.05, 4.69) is 52.4 Å². The number of nitriles is 1. The summed E-state index contributed by atoms with van der Waals surface area (Å²) in [5.41, 5.74) is 1.87. The summed E-state index contributed by atoms with van der Waals surface area (Å²) in [6.07, 6.45) is 0. The van der Waals surface area contributed by atoms with Gasteiger partial charge in [0.1, 0.15) is 5.54 Å². The Morgan fingerprint density at radius 3 is 2.38 bits per heavy atom. The van der Waals surface area contributed by atoms with Crippen molar-refractivity contribution in [3.63, 3.8) is 0 Å². The number of nitrogens with zero attached hydrogens (tertiary/aromatic N) is 3. The largest absolute Gasteiger partial charge is 0.336 e. The lowest BCUT2D eigenvalue weighted by molar-refractivity contribution is -0.128. The molecule has 1 aromatic rings. The highest BCUT2D eigenvalue weighted by molar-refractivity contribution is 5.82. The van der Waals surface area contributed by atoms with Crippen LogP contribution in [-0.2, 0) is 11.3 Å². The predicted octanol–water partition coefficient (Wildman–Crippen LogP) is 2.56. The molecule has 5 nitrogen and oxygen atoms in total. The van der Waals surface area contributed by atoms with Gasteiger partial charge in [0.15, 0.2) is 0 Å². The molecule has 1 aliphatic heterocycles. The molecule has 5 heteroatoms. The first-order valence-electron chi connectivity index (χ1n) is 9.51. The van der Waals surface area contributed by atoms with Crippen LogP contribution in [0.5, 0.6) is 0 Å². The van der Waals surface area contributed by atoms with E-state index >= 15 is 0 Å². The number of carbonyl (C=O) groups excluding carboxylic acids is 1. The molecule has 1 heterocycles. The van der Waals surface area contributed by atoms with Crippen molar-refractivity contribution in [3.05, 3.63) is 35.4 Å². The highest BCUT2D eigenvalue weighted by atomic mass is 16.2. The molecular weight excluding hydrogens is 324 g/mol. The molecule has 1 saturated heterocycles. The molecular formula is C21H32N4O. The predicted molar refractivity (Wildman–Crippen MR) is 104 cm³/mol. The molecule has 0 spiro atoms. The third-order valence-electron chi connectivity index (χ3n) is 5.76. The van der Waals surface area contributed by atoms with Crippen molar-refractivity contribution in [2.45, 2.75) is 52.7 Å². The highest BCUT2D eigenvalue weighted by Gasteiger charge is 2.33. The summed E-state index contributed by atoms with van der Waals surface area (Å²) < 4.78 is 0. The Labute approximate surface area is 158 Å². The SMILES string of the molecule is Cc1ccccc1CN1CCN([C@@H](C)C(=O)N[C@@](C)(C#N)C(C)C)CC1. The first-order chi connectivity index (χ1) is 12.3. The van der Waals surface area contributed by atoms with Crippen molar-refractivity contribution >= 4 is 5.91 Å². The van der Waals surface area contributed by atoms with Crippen LogP contribution in [0.25, 0.3) is 0 Å². The molecule has 2 rings (SSSR count). The smallest absolute Gasteiger partial charge is 0.238 e. The summed E-state index contributed by atoms with van der Waals surface area (Å²) in [5.74, 6) is 0.00436. The van der Waals surface area contributed by atoms with Gasteiger partial charge in [-0.2, -0.15) is 5.26 Å². The second kappa shape index (κ2) is 8.66. The lowest BCUT2D eigenvalue weighted by atomic mass is 9.89. The van der Waals surface area contributed by atoms with Crippen LogP contribution < -0.4 is 5.32 Å². The highest BCUT2D eigenvalue weighted by Crippen LogP contribution is 2.17. The summed E-state index contributed by atoms with van der Waals surface area (Å²) in [4.78, 5) is 17.3. The minimum absolute atomic E-state index is 0.0601. The second-order valence-electron chi connectivity index (χ2n) is 7.87. The van der Waals surface area contributed by atoms with Crippen molar-refractivity contribution in [1.82, 2.24) is 15.1 Å². The summed E-state index contributed by atoms with van der Waals surface area (Å²) >= 11 is 0. The Bertz CT molecular complexity index is 658. The molecule has 0 bridgehead atoms. The van der Waals surface area contributed by atoms with E-state index in [0.717, 1.165) is 32.7 Å². The zero-order valence-corrected chi connectivity index (χ0v) is 16.7. The van der Waals surface area contributed by atoms with Crippen molar-refractivity contribution < 1.29 is 4.79 Å². The lowest BCUT2D eigenvalue weighted by Crippen LogP contribution is -2.58. The van der Waals surface area contributed by atoms with Crippen LogP contribution in [-0.4, -0.2) is 53.5 Å². The molecule has 1 amide bonds. The van der Waals surface area contributed by atoms with Crippen molar-refractivity contribution in [2.75, 3.05) is 26.2 Å². The number of benzene rings is 1. The van der Waals surface area contributed by atoms with E-state index in [4.69, 9.17) is 0 Å². The molecule has 0 aromatic heterocycles. The number of hydrogen-bond acceptors (Lipinski definition) is 4. The van der Waals surface area contributed by atoms with Gasteiger partial charge in [-0.25, -0.2) is 0 Å². The van der Waals surface area contributed by atoms with Crippen LogP contribution >= 0.6 is 0 Å². The molecule has 0 saturated carbocycles. The summed E-state index contributed by atoms with van der Waals surface area (Å²) in [6.45, 7) is 14.4. The lowest BCUT2D eigenvalue weighted by Gasteiger charge is -2.38. The first kappa shape index (κ1) is 20.4. The van der Waals surface area contributed by atoms with Gasteiger partial charge in [0.05, 0.1) is 12.1 Å². The van der Waals surface area contributed by atoms with Crippen LogP contribution in [0.2, 0.25) is 0 Å². The van der Waals surface area contributed by atoms with Crippen molar-refractivity contribution in [2.24, 2.45) is 5.92 Å². The molecule has 1 fully saturated rings. The van der Waals surface area contributed by atoms with Gasteiger partial charge in [0.25, 0.3) is 0 Å². The van der Waals surface area contributed by atoms with Gasteiger partial charge < -0.3 is 5.32 Å².